The van der Waals surface area contributed by atoms with Gasteiger partial charge in [-0.25, -0.2) is 17.6 Å². The Balaban J connectivity index is 1.39. The van der Waals surface area contributed by atoms with E-state index in [-0.39, 0.29) is 47.1 Å². The molecule has 10 nitrogen and oxygen atoms in total. The van der Waals surface area contributed by atoms with Gasteiger partial charge in [-0.05, 0) is 66.2 Å². The molecule has 2 N–H and O–H groups in total. The Bertz CT molecular complexity index is 1620. The van der Waals surface area contributed by atoms with Gasteiger partial charge in [0, 0.05) is 35.9 Å². The Hall–Kier alpha value is -3.94. The highest BCUT2D eigenvalue weighted by Crippen LogP contribution is 2.37. The smallest absolute Gasteiger partial charge is 0.288 e. The van der Waals surface area contributed by atoms with Gasteiger partial charge in [0.25, 0.3) is 12.3 Å². The van der Waals surface area contributed by atoms with Gasteiger partial charge in [-0.15, -0.1) is 0 Å². The lowest BCUT2D eigenvalue weighted by molar-refractivity contribution is 0.0114. The van der Waals surface area contributed by atoms with Gasteiger partial charge in [0.15, 0.2) is 0 Å². The molecular formula is C30H38F4N8O2. The van der Waals surface area contributed by atoms with Crippen LogP contribution in [0.3, 0.4) is 0 Å². The minimum absolute atomic E-state index is 0.00921. The van der Waals surface area contributed by atoms with E-state index in [1.807, 2.05) is 41.5 Å². The molecule has 0 radical (unpaired) electrons. The SMILES string of the molecule is CC(C)(C)N1CC[C@@H](Nc2cccc3c2cc(-c2noc(CNC(=O)c4cnn(C(C)(C)C)c4)n2)n3C(F)C(F)F)[C@@H](F)C1. The normalized spacial score (nSPS) is 19.1. The lowest BCUT2D eigenvalue weighted by Gasteiger charge is -2.42. The number of rotatable bonds is 8. The number of likely N-dealkylation sites (tertiary alicyclic amines) is 1. The van der Waals surface area contributed by atoms with Crippen LogP contribution in [0.25, 0.3) is 22.4 Å². The van der Waals surface area contributed by atoms with Gasteiger partial charge in [-0.1, -0.05) is 11.2 Å². The van der Waals surface area contributed by atoms with Crippen molar-refractivity contribution in [3.05, 3.63) is 48.1 Å². The molecule has 4 aromatic rings. The Labute approximate surface area is 252 Å². The molecule has 4 heterocycles. The second-order valence-corrected chi connectivity index (χ2v) is 13.1. The Morgan fingerprint density at radius 1 is 1.14 bits per heavy atom. The highest BCUT2D eigenvalue weighted by atomic mass is 19.3. The number of anilines is 1. The molecule has 1 saturated heterocycles. The zero-order valence-electron chi connectivity index (χ0n) is 25.6. The van der Waals surface area contributed by atoms with Crippen LogP contribution >= 0.6 is 0 Å². The molecule has 5 rings (SSSR count). The number of alkyl halides is 4. The number of halogens is 4. The summed E-state index contributed by atoms with van der Waals surface area (Å²) in [5.74, 6) is -0.571. The molecule has 3 aromatic heterocycles. The van der Waals surface area contributed by atoms with Crippen molar-refractivity contribution < 1.29 is 26.9 Å². The Kier molecular flexibility index (Phi) is 8.49. The summed E-state index contributed by atoms with van der Waals surface area (Å²) in [6, 6.07) is 5.77. The number of fused-ring (bicyclic) bond motifs is 1. The Morgan fingerprint density at radius 2 is 1.89 bits per heavy atom. The van der Waals surface area contributed by atoms with Crippen LogP contribution in [0, 0.1) is 0 Å². The van der Waals surface area contributed by atoms with Crippen LogP contribution in [0.15, 0.2) is 41.2 Å². The first-order chi connectivity index (χ1) is 20.6. The second-order valence-electron chi connectivity index (χ2n) is 13.1. The van der Waals surface area contributed by atoms with Crippen LogP contribution in [0.4, 0.5) is 23.2 Å². The Morgan fingerprint density at radius 3 is 2.52 bits per heavy atom. The van der Waals surface area contributed by atoms with Crippen molar-refractivity contribution in [2.24, 2.45) is 0 Å². The van der Waals surface area contributed by atoms with Crippen LogP contribution in [0.1, 0.15) is 70.5 Å². The van der Waals surface area contributed by atoms with Crippen molar-refractivity contribution in [1.82, 2.24) is 34.7 Å². The predicted octanol–water partition coefficient (Wildman–Crippen LogP) is 5.93. The standard InChI is InChI=1S/C30H38F4N8O2/c1-29(2,3)40-11-10-21(19(31)16-40)37-20-8-7-9-22-18(20)12-23(42(22)26(34)25(32)33)27-38-24(44-39-27)14-35-28(43)17-13-36-41(15-17)30(4,5)6/h7-9,12-13,15,19,21,25-26,37H,10-11,14,16H2,1-6H3,(H,35,43)/t19-,21+,26?/m0/s1. The number of benzene rings is 1. The average molecular weight is 619 g/mol. The number of hydrogen-bond acceptors (Lipinski definition) is 7. The summed E-state index contributed by atoms with van der Waals surface area (Å²) < 4.78 is 65.6. The van der Waals surface area contributed by atoms with E-state index in [2.05, 4.69) is 30.8 Å². The predicted molar refractivity (Wildman–Crippen MR) is 158 cm³/mol. The van der Waals surface area contributed by atoms with Crippen molar-refractivity contribution in [1.29, 1.82) is 0 Å². The maximum Gasteiger partial charge on any atom is 0.288 e. The summed E-state index contributed by atoms with van der Waals surface area (Å²) in [6.07, 6.45) is -3.63. The van der Waals surface area contributed by atoms with Gasteiger partial charge in [-0.3, -0.25) is 14.4 Å². The quantitative estimate of drug-likeness (QED) is 0.236. The zero-order chi connectivity index (χ0) is 32.0. The summed E-state index contributed by atoms with van der Waals surface area (Å²) in [7, 11) is 0. The number of aromatic nitrogens is 5. The molecule has 14 heteroatoms. The molecule has 238 valence electrons. The topological polar surface area (TPSA) is 106 Å². The van der Waals surface area contributed by atoms with E-state index in [1.165, 1.54) is 18.3 Å². The van der Waals surface area contributed by atoms with Gasteiger partial charge < -0.3 is 19.7 Å². The minimum atomic E-state index is -3.34. The first-order valence-corrected chi connectivity index (χ1v) is 14.5. The summed E-state index contributed by atoms with van der Waals surface area (Å²) >= 11 is 0. The summed E-state index contributed by atoms with van der Waals surface area (Å²) in [5.41, 5.74) is 0.445. The molecule has 0 spiro atoms. The van der Waals surface area contributed by atoms with E-state index >= 15 is 8.78 Å². The van der Waals surface area contributed by atoms with Crippen molar-refractivity contribution >= 4 is 22.5 Å². The van der Waals surface area contributed by atoms with E-state index in [4.69, 9.17) is 4.52 Å². The van der Waals surface area contributed by atoms with Gasteiger partial charge in [-0.2, -0.15) is 10.1 Å². The molecule has 0 aliphatic carbocycles. The fraction of sp³-hybridized carbons (Fsp3) is 0.533. The maximum atomic E-state index is 15.3. The van der Waals surface area contributed by atoms with E-state index in [0.29, 0.717) is 29.6 Å². The van der Waals surface area contributed by atoms with Crippen LogP contribution in [-0.2, 0) is 12.1 Å². The number of nitrogens with zero attached hydrogens (tertiary/aromatic N) is 6. The van der Waals surface area contributed by atoms with Gasteiger partial charge in [0.2, 0.25) is 18.0 Å². The molecule has 1 aliphatic rings. The van der Waals surface area contributed by atoms with E-state index < -0.39 is 30.8 Å². The second kappa shape index (κ2) is 11.9. The molecule has 44 heavy (non-hydrogen) atoms. The number of nitrogens with one attached hydrogen (secondary N) is 2. The van der Waals surface area contributed by atoms with Gasteiger partial charge in [0.1, 0.15) is 6.17 Å². The maximum absolute atomic E-state index is 15.3. The van der Waals surface area contributed by atoms with Crippen molar-refractivity contribution in [3.63, 3.8) is 0 Å². The number of amides is 1. The number of hydrogen-bond donors (Lipinski definition) is 2. The van der Waals surface area contributed by atoms with Crippen molar-refractivity contribution in [2.75, 3.05) is 18.4 Å². The molecule has 1 aliphatic heterocycles. The molecular weight excluding hydrogens is 580 g/mol. The lowest BCUT2D eigenvalue weighted by Crippen LogP contribution is -2.54. The monoisotopic (exact) mass is 618 g/mol. The molecule has 0 bridgehead atoms. The summed E-state index contributed by atoms with van der Waals surface area (Å²) in [4.78, 5) is 19.0. The van der Waals surface area contributed by atoms with Crippen LogP contribution in [0.2, 0.25) is 0 Å². The fourth-order valence-corrected chi connectivity index (χ4v) is 5.30. The van der Waals surface area contributed by atoms with E-state index in [1.54, 1.807) is 23.0 Å². The van der Waals surface area contributed by atoms with E-state index in [9.17, 15) is 13.6 Å². The molecule has 1 fully saturated rings. The number of carbonyl (C=O) groups is 1. The first kappa shape index (κ1) is 31.5. The first-order valence-electron chi connectivity index (χ1n) is 14.5. The third kappa shape index (κ3) is 6.44. The molecule has 1 amide bonds. The molecule has 0 saturated carbocycles. The zero-order valence-corrected chi connectivity index (χ0v) is 25.6. The van der Waals surface area contributed by atoms with Gasteiger partial charge in [0.05, 0.1) is 41.1 Å². The molecule has 1 aromatic carbocycles. The largest absolute Gasteiger partial charge is 0.379 e. The highest BCUT2D eigenvalue weighted by molar-refractivity contribution is 5.96. The molecule has 3 atom stereocenters. The highest BCUT2D eigenvalue weighted by Gasteiger charge is 2.35. The van der Waals surface area contributed by atoms with Gasteiger partial charge >= 0.3 is 0 Å². The lowest BCUT2D eigenvalue weighted by atomic mass is 9.96. The third-order valence-electron chi connectivity index (χ3n) is 7.80. The van der Waals surface area contributed by atoms with E-state index in [0.717, 1.165) is 4.57 Å². The molecule has 1 unspecified atom stereocenters. The van der Waals surface area contributed by atoms with Crippen molar-refractivity contribution in [2.45, 2.75) is 90.5 Å². The van der Waals surface area contributed by atoms with Crippen LogP contribution in [0.5, 0.6) is 0 Å². The van der Waals surface area contributed by atoms with Crippen LogP contribution < -0.4 is 10.6 Å². The number of carbonyl (C=O) groups excluding carboxylic acids is 1. The summed E-state index contributed by atoms with van der Waals surface area (Å²) in [6.45, 7) is 12.7. The van der Waals surface area contributed by atoms with Crippen molar-refractivity contribution in [3.8, 4) is 11.5 Å². The fourth-order valence-electron chi connectivity index (χ4n) is 5.30. The third-order valence-corrected chi connectivity index (χ3v) is 7.80. The average Bonchev–Trinajstić information content (AvgIpc) is 3.70. The summed E-state index contributed by atoms with van der Waals surface area (Å²) in [5, 5.41) is 14.4. The number of piperidine rings is 1. The minimum Gasteiger partial charge on any atom is -0.379 e. The van der Waals surface area contributed by atoms with Crippen LogP contribution in [-0.4, -0.2) is 72.6 Å².